The maximum atomic E-state index is 12.3. The van der Waals surface area contributed by atoms with Gasteiger partial charge in [0.15, 0.2) is 5.58 Å². The Kier molecular flexibility index (Phi) is 5.11. The van der Waals surface area contributed by atoms with Crippen LogP contribution in [0, 0.1) is 6.92 Å². The Morgan fingerprint density at radius 2 is 2.17 bits per heavy atom. The van der Waals surface area contributed by atoms with Crippen molar-refractivity contribution >= 4 is 46.1 Å². The van der Waals surface area contributed by atoms with Gasteiger partial charge in [-0.05, 0) is 42.7 Å². The molecule has 1 heterocycles. The number of hydrogen-bond donors (Lipinski definition) is 1. The first-order valence-electron chi connectivity index (χ1n) is 7.64. The lowest BCUT2D eigenvalue weighted by molar-refractivity contribution is -0.113. The van der Waals surface area contributed by atoms with Crippen molar-refractivity contribution in [3.8, 4) is 0 Å². The molecule has 1 amide bonds. The van der Waals surface area contributed by atoms with Gasteiger partial charge < -0.3 is 9.73 Å². The third kappa shape index (κ3) is 3.74. The third-order valence-electron chi connectivity index (χ3n) is 3.66. The molecule has 0 fully saturated rings. The number of halogens is 1. The van der Waals surface area contributed by atoms with Crippen LogP contribution in [0.1, 0.15) is 18.1 Å². The predicted octanol–water partition coefficient (Wildman–Crippen LogP) is 5.08. The van der Waals surface area contributed by atoms with E-state index in [0.717, 1.165) is 23.2 Å². The molecule has 2 aromatic carbocycles. The number of nitrogens with one attached hydrogen (secondary N) is 1. The highest BCUT2D eigenvalue weighted by atomic mass is 35.5. The SMILES string of the molecule is CCc1cccc(C)c1NC(=O)CSc1nc2cc(Cl)ccc2o1. The molecule has 0 radical (unpaired) electrons. The van der Waals surface area contributed by atoms with Crippen LogP contribution in [0.5, 0.6) is 0 Å². The van der Waals surface area contributed by atoms with Crippen LogP contribution in [0.3, 0.4) is 0 Å². The highest BCUT2D eigenvalue weighted by molar-refractivity contribution is 7.99. The number of rotatable bonds is 5. The van der Waals surface area contributed by atoms with Gasteiger partial charge in [0.1, 0.15) is 5.52 Å². The molecule has 3 aromatic rings. The predicted molar refractivity (Wildman–Crippen MR) is 98.9 cm³/mol. The van der Waals surface area contributed by atoms with Crippen molar-refractivity contribution in [2.24, 2.45) is 0 Å². The highest BCUT2D eigenvalue weighted by Crippen LogP contribution is 2.26. The Morgan fingerprint density at radius 3 is 2.96 bits per heavy atom. The van der Waals surface area contributed by atoms with Crippen molar-refractivity contribution in [2.75, 3.05) is 11.1 Å². The number of para-hydroxylation sites is 1. The molecule has 0 saturated heterocycles. The molecule has 0 bridgehead atoms. The van der Waals surface area contributed by atoms with Gasteiger partial charge in [0, 0.05) is 10.7 Å². The van der Waals surface area contributed by atoms with Crippen LogP contribution in [-0.4, -0.2) is 16.6 Å². The van der Waals surface area contributed by atoms with Gasteiger partial charge in [0.25, 0.3) is 5.22 Å². The minimum atomic E-state index is -0.0794. The van der Waals surface area contributed by atoms with Gasteiger partial charge in [-0.1, -0.05) is 48.5 Å². The average Bonchev–Trinajstić information content (AvgIpc) is 2.96. The summed E-state index contributed by atoms with van der Waals surface area (Å²) in [7, 11) is 0. The van der Waals surface area contributed by atoms with Crippen LogP contribution >= 0.6 is 23.4 Å². The fraction of sp³-hybridized carbons (Fsp3) is 0.222. The molecular weight excluding hydrogens is 344 g/mol. The van der Waals surface area contributed by atoms with E-state index >= 15 is 0 Å². The lowest BCUT2D eigenvalue weighted by Crippen LogP contribution is -2.16. The topological polar surface area (TPSA) is 55.1 Å². The average molecular weight is 361 g/mol. The van der Waals surface area contributed by atoms with Crippen molar-refractivity contribution in [2.45, 2.75) is 25.5 Å². The summed E-state index contributed by atoms with van der Waals surface area (Å²) in [5.41, 5.74) is 4.44. The number of oxazole rings is 1. The number of amides is 1. The first kappa shape index (κ1) is 16.9. The van der Waals surface area contributed by atoms with Crippen molar-refractivity contribution in [1.29, 1.82) is 0 Å². The number of carbonyl (C=O) groups is 1. The molecule has 4 nitrogen and oxygen atoms in total. The van der Waals surface area contributed by atoms with E-state index in [4.69, 9.17) is 16.0 Å². The highest BCUT2D eigenvalue weighted by Gasteiger charge is 2.12. The second-order valence-electron chi connectivity index (χ2n) is 5.39. The van der Waals surface area contributed by atoms with E-state index in [1.54, 1.807) is 18.2 Å². The molecule has 6 heteroatoms. The summed E-state index contributed by atoms with van der Waals surface area (Å²) < 4.78 is 5.61. The third-order valence-corrected chi connectivity index (χ3v) is 4.72. The van der Waals surface area contributed by atoms with E-state index in [2.05, 4.69) is 17.2 Å². The molecule has 0 saturated carbocycles. The molecule has 1 aromatic heterocycles. The number of hydrogen-bond acceptors (Lipinski definition) is 4. The van der Waals surface area contributed by atoms with Gasteiger partial charge in [-0.25, -0.2) is 4.98 Å². The summed E-state index contributed by atoms with van der Waals surface area (Å²) in [4.78, 5) is 16.6. The van der Waals surface area contributed by atoms with Gasteiger partial charge >= 0.3 is 0 Å². The second kappa shape index (κ2) is 7.28. The quantitative estimate of drug-likeness (QED) is 0.644. The number of aromatic nitrogens is 1. The number of nitrogens with zero attached hydrogens (tertiary/aromatic N) is 1. The zero-order valence-corrected chi connectivity index (χ0v) is 15.0. The maximum absolute atomic E-state index is 12.3. The monoisotopic (exact) mass is 360 g/mol. The summed E-state index contributed by atoms with van der Waals surface area (Å²) in [5.74, 6) is 0.155. The Labute approximate surface area is 149 Å². The zero-order chi connectivity index (χ0) is 17.1. The van der Waals surface area contributed by atoms with E-state index in [9.17, 15) is 4.79 Å². The number of thioether (sulfide) groups is 1. The molecule has 0 spiro atoms. The fourth-order valence-electron chi connectivity index (χ4n) is 2.45. The molecule has 0 atom stereocenters. The van der Waals surface area contributed by atoms with Crippen molar-refractivity contribution in [1.82, 2.24) is 4.98 Å². The first-order chi connectivity index (χ1) is 11.6. The minimum Gasteiger partial charge on any atom is -0.431 e. The number of aryl methyl sites for hydroxylation is 2. The molecule has 0 aliphatic rings. The number of fused-ring (bicyclic) bond motifs is 1. The maximum Gasteiger partial charge on any atom is 0.257 e. The molecule has 0 aliphatic carbocycles. The lowest BCUT2D eigenvalue weighted by atomic mass is 10.1. The smallest absolute Gasteiger partial charge is 0.257 e. The summed E-state index contributed by atoms with van der Waals surface area (Å²) in [5, 5.41) is 4.06. The summed E-state index contributed by atoms with van der Waals surface area (Å²) in [6.07, 6.45) is 0.871. The van der Waals surface area contributed by atoms with Crippen molar-refractivity contribution in [3.05, 3.63) is 52.5 Å². The van der Waals surface area contributed by atoms with Gasteiger partial charge in [-0.15, -0.1) is 0 Å². The van der Waals surface area contributed by atoms with Crippen molar-refractivity contribution in [3.63, 3.8) is 0 Å². The van der Waals surface area contributed by atoms with E-state index in [1.807, 2.05) is 25.1 Å². The van der Waals surface area contributed by atoms with E-state index in [-0.39, 0.29) is 11.7 Å². The second-order valence-corrected chi connectivity index (χ2v) is 6.75. The number of benzene rings is 2. The van der Waals surface area contributed by atoms with Gasteiger partial charge in [-0.3, -0.25) is 4.79 Å². The van der Waals surface area contributed by atoms with Crippen LogP contribution in [-0.2, 0) is 11.2 Å². The zero-order valence-electron chi connectivity index (χ0n) is 13.4. The molecule has 124 valence electrons. The van der Waals surface area contributed by atoms with Crippen LogP contribution in [0.15, 0.2) is 46.0 Å². The fourth-order valence-corrected chi connectivity index (χ4v) is 3.25. The van der Waals surface area contributed by atoms with Crippen LogP contribution in [0.2, 0.25) is 5.02 Å². The van der Waals surface area contributed by atoms with Gasteiger partial charge in [-0.2, -0.15) is 0 Å². The molecule has 0 unspecified atom stereocenters. The Balaban J connectivity index is 1.67. The van der Waals surface area contributed by atoms with Crippen LogP contribution < -0.4 is 5.32 Å². The van der Waals surface area contributed by atoms with E-state index in [1.165, 1.54) is 11.8 Å². The summed E-state index contributed by atoms with van der Waals surface area (Å²) >= 11 is 7.20. The van der Waals surface area contributed by atoms with Crippen LogP contribution in [0.25, 0.3) is 11.1 Å². The minimum absolute atomic E-state index is 0.0794. The molecular formula is C18H17ClN2O2S. The molecule has 1 N–H and O–H groups in total. The van der Waals surface area contributed by atoms with E-state index < -0.39 is 0 Å². The molecule has 24 heavy (non-hydrogen) atoms. The molecule has 0 aliphatic heterocycles. The van der Waals surface area contributed by atoms with Crippen LogP contribution in [0.4, 0.5) is 5.69 Å². The van der Waals surface area contributed by atoms with Gasteiger partial charge in [0.05, 0.1) is 5.75 Å². The Hall–Kier alpha value is -1.98. The number of anilines is 1. The Morgan fingerprint density at radius 1 is 1.33 bits per heavy atom. The van der Waals surface area contributed by atoms with E-state index in [0.29, 0.717) is 21.3 Å². The first-order valence-corrected chi connectivity index (χ1v) is 9.00. The Bertz CT molecular complexity index is 892. The largest absolute Gasteiger partial charge is 0.431 e. The number of carbonyl (C=O) groups excluding carboxylic acids is 1. The summed E-state index contributed by atoms with van der Waals surface area (Å²) in [6.45, 7) is 4.06. The lowest BCUT2D eigenvalue weighted by Gasteiger charge is -2.12. The van der Waals surface area contributed by atoms with Gasteiger partial charge in [0.2, 0.25) is 5.91 Å². The normalized spacial score (nSPS) is 11.0. The summed E-state index contributed by atoms with van der Waals surface area (Å²) in [6, 6.07) is 11.3. The van der Waals surface area contributed by atoms with Crippen molar-refractivity contribution < 1.29 is 9.21 Å². The standard InChI is InChI=1S/C18H17ClN2O2S/c1-3-12-6-4-5-11(2)17(12)21-16(22)10-24-18-20-14-9-13(19)7-8-15(14)23-18/h4-9H,3,10H2,1-2H3,(H,21,22). The molecule has 3 rings (SSSR count).